The lowest BCUT2D eigenvalue weighted by atomic mass is 10.1. The molecule has 0 aliphatic carbocycles. The molecule has 0 spiro atoms. The highest BCUT2D eigenvalue weighted by molar-refractivity contribution is 9.10. The molecule has 0 aliphatic rings. The number of nitrogens with two attached hydrogens (primary N) is 1. The first-order valence-corrected chi connectivity index (χ1v) is 7.88. The van der Waals surface area contributed by atoms with Gasteiger partial charge in [-0.1, -0.05) is 45.9 Å². The van der Waals surface area contributed by atoms with Crippen LogP contribution in [0.2, 0.25) is 0 Å². The van der Waals surface area contributed by atoms with Crippen LogP contribution < -0.4 is 5.73 Å². The zero-order chi connectivity index (χ0) is 14.0. The molecule has 0 saturated carbocycles. The Labute approximate surface area is 127 Å². The van der Waals surface area contributed by atoms with E-state index in [1.807, 2.05) is 6.92 Å². The molecule has 2 aromatic carbocycles. The Bertz CT molecular complexity index is 593. The lowest BCUT2D eigenvalue weighted by Crippen LogP contribution is -2.05. The van der Waals surface area contributed by atoms with Crippen LogP contribution in [0.1, 0.15) is 29.7 Å². The summed E-state index contributed by atoms with van der Waals surface area (Å²) in [6.07, 6.45) is 0. The average Bonchev–Trinajstić information content (AvgIpc) is 2.33. The number of halogens is 1. The van der Waals surface area contributed by atoms with Crippen LogP contribution in [0.4, 0.5) is 0 Å². The topological polar surface area (TPSA) is 26.0 Å². The van der Waals surface area contributed by atoms with E-state index in [1.54, 1.807) is 11.8 Å². The number of hydrogen-bond acceptors (Lipinski definition) is 2. The first kappa shape index (κ1) is 14.6. The van der Waals surface area contributed by atoms with Gasteiger partial charge in [0.15, 0.2) is 0 Å². The molecule has 0 aliphatic heterocycles. The molecule has 0 radical (unpaired) electrons. The van der Waals surface area contributed by atoms with Crippen LogP contribution in [0, 0.1) is 13.8 Å². The Hall–Kier alpha value is -0.770. The monoisotopic (exact) mass is 335 g/mol. The highest BCUT2D eigenvalue weighted by atomic mass is 79.9. The number of benzene rings is 2. The summed E-state index contributed by atoms with van der Waals surface area (Å²) in [5.74, 6) is 0. The van der Waals surface area contributed by atoms with Crippen molar-refractivity contribution in [3.8, 4) is 0 Å². The molecule has 0 unspecified atom stereocenters. The van der Waals surface area contributed by atoms with E-state index in [4.69, 9.17) is 5.73 Å². The number of hydrogen-bond donors (Lipinski definition) is 1. The number of rotatable bonds is 3. The molecule has 19 heavy (non-hydrogen) atoms. The van der Waals surface area contributed by atoms with E-state index in [9.17, 15) is 0 Å². The molecular weight excluding hydrogens is 318 g/mol. The van der Waals surface area contributed by atoms with Crippen LogP contribution >= 0.6 is 27.7 Å². The van der Waals surface area contributed by atoms with Crippen LogP contribution in [-0.4, -0.2) is 0 Å². The van der Waals surface area contributed by atoms with Crippen LogP contribution in [0.3, 0.4) is 0 Å². The molecule has 0 bridgehead atoms. The summed E-state index contributed by atoms with van der Waals surface area (Å²) in [5, 5.41) is 0. The third-order valence-corrected chi connectivity index (χ3v) is 4.87. The van der Waals surface area contributed by atoms with E-state index in [0.29, 0.717) is 0 Å². The Kier molecular flexibility index (Phi) is 4.71. The third-order valence-electron chi connectivity index (χ3n) is 3.03. The highest BCUT2D eigenvalue weighted by Crippen LogP contribution is 2.34. The van der Waals surface area contributed by atoms with Crippen molar-refractivity contribution in [1.82, 2.24) is 0 Å². The van der Waals surface area contributed by atoms with E-state index in [-0.39, 0.29) is 6.04 Å². The van der Waals surface area contributed by atoms with Crippen molar-refractivity contribution < 1.29 is 0 Å². The van der Waals surface area contributed by atoms with Crippen molar-refractivity contribution in [3.05, 3.63) is 57.6 Å². The molecule has 0 fully saturated rings. The zero-order valence-corrected chi connectivity index (χ0v) is 13.8. The second kappa shape index (κ2) is 6.12. The van der Waals surface area contributed by atoms with Gasteiger partial charge in [-0.3, -0.25) is 0 Å². The van der Waals surface area contributed by atoms with Crippen molar-refractivity contribution in [2.24, 2.45) is 5.73 Å². The molecular formula is C16H18BrNS. The molecule has 2 aromatic rings. The van der Waals surface area contributed by atoms with Crippen molar-refractivity contribution in [3.63, 3.8) is 0 Å². The molecule has 100 valence electrons. The van der Waals surface area contributed by atoms with Crippen LogP contribution in [0.25, 0.3) is 0 Å². The molecule has 0 aromatic heterocycles. The van der Waals surface area contributed by atoms with Crippen molar-refractivity contribution in [1.29, 1.82) is 0 Å². The quantitative estimate of drug-likeness (QED) is 0.830. The van der Waals surface area contributed by atoms with Gasteiger partial charge in [-0.25, -0.2) is 0 Å². The number of aryl methyl sites for hydroxylation is 2. The van der Waals surface area contributed by atoms with Crippen LogP contribution in [0.5, 0.6) is 0 Å². The second-order valence-electron chi connectivity index (χ2n) is 4.84. The Balaban J connectivity index is 2.29. The summed E-state index contributed by atoms with van der Waals surface area (Å²) >= 11 is 5.39. The van der Waals surface area contributed by atoms with E-state index in [0.717, 1.165) is 10.0 Å². The lowest BCUT2D eigenvalue weighted by Gasteiger charge is -2.11. The molecule has 2 rings (SSSR count). The minimum absolute atomic E-state index is 0.0501. The molecule has 1 nitrogen and oxygen atoms in total. The predicted octanol–water partition coefficient (Wildman–Crippen LogP) is 5.24. The first-order chi connectivity index (χ1) is 8.97. The summed E-state index contributed by atoms with van der Waals surface area (Å²) in [4.78, 5) is 2.53. The summed E-state index contributed by atoms with van der Waals surface area (Å²) in [6, 6.07) is 13.0. The van der Waals surface area contributed by atoms with Gasteiger partial charge in [-0.05, 0) is 55.7 Å². The fraction of sp³-hybridized carbons (Fsp3) is 0.250. The molecule has 3 heteroatoms. The van der Waals surface area contributed by atoms with E-state index >= 15 is 0 Å². The Morgan fingerprint density at radius 2 is 1.84 bits per heavy atom. The average molecular weight is 336 g/mol. The van der Waals surface area contributed by atoms with Gasteiger partial charge in [0.1, 0.15) is 0 Å². The van der Waals surface area contributed by atoms with Crippen molar-refractivity contribution in [2.75, 3.05) is 0 Å². The van der Waals surface area contributed by atoms with Crippen LogP contribution in [0.15, 0.2) is 50.7 Å². The molecule has 0 saturated heterocycles. The largest absolute Gasteiger partial charge is 0.324 e. The third kappa shape index (κ3) is 3.62. The smallest absolute Gasteiger partial charge is 0.0277 e. The van der Waals surface area contributed by atoms with Gasteiger partial charge in [-0.2, -0.15) is 0 Å². The van der Waals surface area contributed by atoms with E-state index in [2.05, 4.69) is 66.2 Å². The molecule has 0 heterocycles. The molecule has 1 atom stereocenters. The van der Waals surface area contributed by atoms with Gasteiger partial charge in [-0.15, -0.1) is 0 Å². The SMILES string of the molecule is Cc1ccc(C)c(Sc2ccc([C@H](C)N)c(Br)c2)c1. The normalized spacial score (nSPS) is 12.5. The minimum atomic E-state index is 0.0501. The fourth-order valence-electron chi connectivity index (χ4n) is 1.88. The summed E-state index contributed by atoms with van der Waals surface area (Å²) in [7, 11) is 0. The predicted molar refractivity (Wildman–Crippen MR) is 86.8 cm³/mol. The van der Waals surface area contributed by atoms with Gasteiger partial charge in [0.2, 0.25) is 0 Å². The van der Waals surface area contributed by atoms with Gasteiger partial charge in [0.25, 0.3) is 0 Å². The minimum Gasteiger partial charge on any atom is -0.324 e. The standard InChI is InChI=1S/C16H18BrNS/c1-10-4-5-11(2)16(8-10)19-13-6-7-14(12(3)18)15(17)9-13/h4-9,12H,18H2,1-3H3/t12-/m0/s1. The van der Waals surface area contributed by atoms with Gasteiger partial charge in [0, 0.05) is 20.3 Å². The first-order valence-electron chi connectivity index (χ1n) is 6.27. The zero-order valence-electron chi connectivity index (χ0n) is 11.4. The van der Waals surface area contributed by atoms with Crippen molar-refractivity contribution in [2.45, 2.75) is 36.6 Å². The molecule has 0 amide bonds. The summed E-state index contributed by atoms with van der Waals surface area (Å²) in [6.45, 7) is 6.27. The van der Waals surface area contributed by atoms with E-state index < -0.39 is 0 Å². The summed E-state index contributed by atoms with van der Waals surface area (Å²) in [5.41, 5.74) is 9.67. The maximum atomic E-state index is 5.92. The van der Waals surface area contributed by atoms with Gasteiger partial charge in [0.05, 0.1) is 0 Å². The fourth-order valence-corrected chi connectivity index (χ4v) is 3.82. The maximum Gasteiger partial charge on any atom is 0.0277 e. The Morgan fingerprint density at radius 1 is 1.11 bits per heavy atom. The summed E-state index contributed by atoms with van der Waals surface area (Å²) < 4.78 is 1.08. The lowest BCUT2D eigenvalue weighted by molar-refractivity contribution is 0.811. The van der Waals surface area contributed by atoms with Crippen LogP contribution in [-0.2, 0) is 0 Å². The van der Waals surface area contributed by atoms with E-state index in [1.165, 1.54) is 20.9 Å². The van der Waals surface area contributed by atoms with Gasteiger partial charge >= 0.3 is 0 Å². The highest BCUT2D eigenvalue weighted by Gasteiger charge is 2.07. The van der Waals surface area contributed by atoms with Crippen molar-refractivity contribution >= 4 is 27.7 Å². The Morgan fingerprint density at radius 3 is 2.47 bits per heavy atom. The maximum absolute atomic E-state index is 5.92. The molecule has 2 N–H and O–H groups in total. The van der Waals surface area contributed by atoms with Gasteiger partial charge < -0.3 is 5.73 Å². The second-order valence-corrected chi connectivity index (χ2v) is 6.81.